The maximum absolute atomic E-state index is 12.5. The van der Waals surface area contributed by atoms with Gasteiger partial charge >= 0.3 is 6.18 Å². The van der Waals surface area contributed by atoms with Gasteiger partial charge < -0.3 is 10.2 Å². The quantitative estimate of drug-likeness (QED) is 0.494. The number of nitrogens with zero attached hydrogens (tertiary/aromatic N) is 2. The fourth-order valence-electron chi connectivity index (χ4n) is 1.38. The summed E-state index contributed by atoms with van der Waals surface area (Å²) in [5, 5.41) is 37.4. The van der Waals surface area contributed by atoms with E-state index in [9.17, 15) is 28.4 Å². The highest BCUT2D eigenvalue weighted by atomic mass is 19.4. The Labute approximate surface area is 104 Å². The van der Waals surface area contributed by atoms with Crippen LogP contribution in [-0.4, -0.2) is 21.2 Å². The Hall–Kier alpha value is -2.18. The minimum absolute atomic E-state index is 0.353. The summed E-state index contributed by atoms with van der Waals surface area (Å²) in [5.41, 5.74) is -3.08. The second kappa shape index (κ2) is 5.21. The summed E-state index contributed by atoms with van der Waals surface area (Å²) in [5.74, 6) is 0. The number of benzene rings is 1. The van der Waals surface area contributed by atoms with E-state index in [1.54, 1.807) is 0 Å². The van der Waals surface area contributed by atoms with Crippen LogP contribution in [0, 0.1) is 21.4 Å². The molecule has 0 aliphatic carbocycles. The molecule has 2 N–H and O–H groups in total. The molecular weight excluding hydrogens is 269 g/mol. The van der Waals surface area contributed by atoms with E-state index in [0.717, 1.165) is 6.07 Å². The second-order valence-corrected chi connectivity index (χ2v) is 3.55. The van der Waals surface area contributed by atoms with Crippen LogP contribution in [0.5, 0.6) is 0 Å². The van der Waals surface area contributed by atoms with Crippen molar-refractivity contribution < 1.29 is 28.3 Å². The minimum atomic E-state index is -4.92. The van der Waals surface area contributed by atoms with Gasteiger partial charge in [-0.25, -0.2) is 0 Å². The smallest absolute Gasteiger partial charge is 0.385 e. The lowest BCUT2D eigenvalue weighted by molar-refractivity contribution is -0.388. The standard InChI is InChI=1S/C10H7F3N2O4/c11-10(12,13)6-2-1-5(3-7(6)15(18)19)9(17)8(16)4-14/h1-3,8-9,16-17H. The molecule has 1 aromatic carbocycles. The first-order valence-electron chi connectivity index (χ1n) is 4.79. The molecular formula is C10H7F3N2O4. The van der Waals surface area contributed by atoms with Crippen molar-refractivity contribution >= 4 is 5.69 Å². The molecule has 1 rings (SSSR count). The monoisotopic (exact) mass is 276 g/mol. The highest BCUT2D eigenvalue weighted by Crippen LogP contribution is 2.37. The first-order chi connectivity index (χ1) is 8.68. The van der Waals surface area contributed by atoms with E-state index < -0.39 is 34.6 Å². The van der Waals surface area contributed by atoms with E-state index in [0.29, 0.717) is 12.1 Å². The summed E-state index contributed by atoms with van der Waals surface area (Å²) in [6, 6.07) is 2.93. The highest BCUT2D eigenvalue weighted by Gasteiger charge is 2.38. The molecule has 0 spiro atoms. The average molecular weight is 276 g/mol. The summed E-state index contributed by atoms with van der Waals surface area (Å²) in [4.78, 5) is 9.33. The predicted octanol–water partition coefficient (Wildman–Crippen LogP) is 1.53. The van der Waals surface area contributed by atoms with E-state index in [1.165, 1.54) is 6.07 Å². The fraction of sp³-hybridized carbons (Fsp3) is 0.300. The molecule has 0 radical (unpaired) electrons. The number of nitriles is 1. The maximum atomic E-state index is 12.5. The number of aliphatic hydroxyl groups excluding tert-OH is 2. The average Bonchev–Trinajstić information content (AvgIpc) is 2.35. The van der Waals surface area contributed by atoms with Gasteiger partial charge in [-0.15, -0.1) is 0 Å². The van der Waals surface area contributed by atoms with Crippen molar-refractivity contribution in [3.8, 4) is 6.07 Å². The Kier molecular flexibility index (Phi) is 4.08. The summed E-state index contributed by atoms with van der Waals surface area (Å²) < 4.78 is 37.5. The Bertz CT molecular complexity index is 539. The summed E-state index contributed by atoms with van der Waals surface area (Å²) in [6.07, 6.45) is -8.64. The van der Waals surface area contributed by atoms with Crippen LogP contribution in [0.2, 0.25) is 0 Å². The number of hydrogen-bond acceptors (Lipinski definition) is 5. The lowest BCUT2D eigenvalue weighted by Crippen LogP contribution is -2.17. The number of halogens is 3. The van der Waals surface area contributed by atoms with Gasteiger partial charge in [-0.2, -0.15) is 18.4 Å². The first kappa shape index (κ1) is 14.9. The number of nitro groups is 1. The van der Waals surface area contributed by atoms with Crippen LogP contribution in [0.25, 0.3) is 0 Å². The molecule has 2 atom stereocenters. The number of alkyl halides is 3. The molecule has 0 amide bonds. The molecule has 0 fully saturated rings. The molecule has 0 aliphatic rings. The highest BCUT2D eigenvalue weighted by molar-refractivity contribution is 5.46. The molecule has 0 aromatic heterocycles. The van der Waals surface area contributed by atoms with Crippen LogP contribution >= 0.6 is 0 Å². The zero-order valence-electron chi connectivity index (χ0n) is 9.13. The lowest BCUT2D eigenvalue weighted by atomic mass is 10.0. The van der Waals surface area contributed by atoms with E-state index in [-0.39, 0.29) is 5.56 Å². The van der Waals surface area contributed by atoms with Gasteiger partial charge in [0, 0.05) is 6.07 Å². The molecule has 19 heavy (non-hydrogen) atoms. The van der Waals surface area contributed by atoms with Crippen molar-refractivity contribution in [3.63, 3.8) is 0 Å². The predicted molar refractivity (Wildman–Crippen MR) is 54.7 cm³/mol. The van der Waals surface area contributed by atoms with Crippen molar-refractivity contribution in [2.24, 2.45) is 0 Å². The van der Waals surface area contributed by atoms with Crippen LogP contribution < -0.4 is 0 Å². The number of hydrogen-bond donors (Lipinski definition) is 2. The van der Waals surface area contributed by atoms with Crippen molar-refractivity contribution in [2.45, 2.75) is 18.4 Å². The van der Waals surface area contributed by atoms with Gasteiger partial charge in [0.2, 0.25) is 0 Å². The Balaban J connectivity index is 3.33. The SMILES string of the molecule is N#CC(O)C(O)c1ccc(C(F)(F)F)c([N+](=O)[O-])c1. The zero-order chi connectivity index (χ0) is 14.8. The van der Waals surface area contributed by atoms with Crippen molar-refractivity contribution in [3.05, 3.63) is 39.4 Å². The van der Waals surface area contributed by atoms with Gasteiger partial charge in [0.25, 0.3) is 5.69 Å². The third-order valence-electron chi connectivity index (χ3n) is 2.30. The second-order valence-electron chi connectivity index (χ2n) is 3.55. The van der Waals surface area contributed by atoms with Gasteiger partial charge in [0.15, 0.2) is 6.10 Å². The molecule has 0 saturated carbocycles. The maximum Gasteiger partial charge on any atom is 0.422 e. The van der Waals surface area contributed by atoms with Crippen LogP contribution in [0.3, 0.4) is 0 Å². The van der Waals surface area contributed by atoms with Gasteiger partial charge in [0.1, 0.15) is 11.7 Å². The lowest BCUT2D eigenvalue weighted by Gasteiger charge is -2.13. The summed E-state index contributed by atoms with van der Waals surface area (Å²) in [6.45, 7) is 0. The third kappa shape index (κ3) is 3.18. The van der Waals surface area contributed by atoms with E-state index in [1.807, 2.05) is 0 Å². The molecule has 0 aliphatic heterocycles. The van der Waals surface area contributed by atoms with Gasteiger partial charge in [-0.1, -0.05) is 6.07 Å². The topological polar surface area (TPSA) is 107 Å². The molecule has 6 nitrogen and oxygen atoms in total. The van der Waals surface area contributed by atoms with Crippen molar-refractivity contribution in [2.75, 3.05) is 0 Å². The first-order valence-corrected chi connectivity index (χ1v) is 4.79. The number of nitro benzene ring substituents is 1. The fourth-order valence-corrected chi connectivity index (χ4v) is 1.38. The number of aliphatic hydroxyl groups is 2. The Morgan fingerprint density at radius 3 is 2.37 bits per heavy atom. The summed E-state index contributed by atoms with van der Waals surface area (Å²) in [7, 11) is 0. The van der Waals surface area contributed by atoms with Crippen molar-refractivity contribution in [1.29, 1.82) is 5.26 Å². The Morgan fingerprint density at radius 1 is 1.37 bits per heavy atom. The van der Waals surface area contributed by atoms with Crippen LogP contribution in [0.15, 0.2) is 18.2 Å². The van der Waals surface area contributed by atoms with E-state index in [4.69, 9.17) is 10.4 Å². The molecule has 9 heteroatoms. The summed E-state index contributed by atoms with van der Waals surface area (Å²) >= 11 is 0. The van der Waals surface area contributed by atoms with Gasteiger partial charge in [-0.3, -0.25) is 10.1 Å². The third-order valence-corrected chi connectivity index (χ3v) is 2.30. The van der Waals surface area contributed by atoms with Gasteiger partial charge in [-0.05, 0) is 11.6 Å². The van der Waals surface area contributed by atoms with Crippen LogP contribution in [-0.2, 0) is 6.18 Å². The molecule has 0 saturated heterocycles. The molecule has 102 valence electrons. The van der Waals surface area contributed by atoms with Crippen LogP contribution in [0.1, 0.15) is 17.2 Å². The van der Waals surface area contributed by atoms with Crippen molar-refractivity contribution in [1.82, 2.24) is 0 Å². The molecule has 0 bridgehead atoms. The molecule has 2 unspecified atom stereocenters. The minimum Gasteiger partial charge on any atom is -0.385 e. The molecule has 0 heterocycles. The normalized spacial score (nSPS) is 14.5. The van der Waals surface area contributed by atoms with E-state index >= 15 is 0 Å². The van der Waals surface area contributed by atoms with Gasteiger partial charge in [0.05, 0.1) is 11.0 Å². The van der Waals surface area contributed by atoms with E-state index in [2.05, 4.69) is 0 Å². The number of rotatable bonds is 3. The zero-order valence-corrected chi connectivity index (χ0v) is 9.13. The van der Waals surface area contributed by atoms with Crippen LogP contribution in [0.4, 0.5) is 18.9 Å². The molecule has 1 aromatic rings. The largest absolute Gasteiger partial charge is 0.422 e. The Morgan fingerprint density at radius 2 is 1.95 bits per heavy atom.